The van der Waals surface area contributed by atoms with Gasteiger partial charge in [0.1, 0.15) is 6.04 Å². The second kappa shape index (κ2) is 10.0. The van der Waals surface area contributed by atoms with Gasteiger partial charge in [0.05, 0.1) is 11.6 Å². The van der Waals surface area contributed by atoms with E-state index in [2.05, 4.69) is 25.2 Å². The molecule has 0 saturated heterocycles. The Balaban J connectivity index is 2.14. The van der Waals surface area contributed by atoms with Gasteiger partial charge >= 0.3 is 0 Å². The van der Waals surface area contributed by atoms with Crippen molar-refractivity contribution < 1.29 is 9.59 Å². The lowest BCUT2D eigenvalue weighted by atomic mass is 10.00. The summed E-state index contributed by atoms with van der Waals surface area (Å²) in [4.78, 5) is 28.9. The number of carbonyl (C=O) groups excluding carboxylic acids is 2. The normalized spacial score (nSPS) is 12.2. The largest absolute Gasteiger partial charge is 0.349 e. The first kappa shape index (κ1) is 24.2. The van der Waals surface area contributed by atoms with Crippen LogP contribution >= 0.6 is 11.3 Å². The Labute approximate surface area is 199 Å². The number of carbonyl (C=O) groups is 2. The molecular formula is C27H29N3O2S. The minimum atomic E-state index is -0.844. The van der Waals surface area contributed by atoms with Crippen molar-refractivity contribution >= 4 is 28.8 Å². The van der Waals surface area contributed by atoms with Gasteiger partial charge < -0.3 is 5.32 Å². The summed E-state index contributed by atoms with van der Waals surface area (Å²) in [5.74, 6) is -0.216. The van der Waals surface area contributed by atoms with Gasteiger partial charge in [-0.2, -0.15) is 16.6 Å². The molecule has 0 aliphatic rings. The Morgan fingerprint density at radius 1 is 0.970 bits per heavy atom. The fourth-order valence-electron chi connectivity index (χ4n) is 3.52. The van der Waals surface area contributed by atoms with Gasteiger partial charge in [0.2, 0.25) is 5.91 Å². The Hall–Kier alpha value is -3.43. The molecule has 33 heavy (non-hydrogen) atoms. The van der Waals surface area contributed by atoms with E-state index in [-0.39, 0.29) is 11.8 Å². The number of nitrogens with one attached hydrogen (secondary N) is 1. The Kier molecular flexibility index (Phi) is 7.35. The molecular weight excluding hydrogens is 430 g/mol. The summed E-state index contributed by atoms with van der Waals surface area (Å²) in [6.07, 6.45) is 0. The zero-order chi connectivity index (χ0) is 24.2. The van der Waals surface area contributed by atoms with E-state index in [9.17, 15) is 9.59 Å². The van der Waals surface area contributed by atoms with E-state index >= 15 is 0 Å². The van der Waals surface area contributed by atoms with Gasteiger partial charge in [-0.3, -0.25) is 14.5 Å². The van der Waals surface area contributed by atoms with Crippen LogP contribution in [0.25, 0.3) is 0 Å². The summed E-state index contributed by atoms with van der Waals surface area (Å²) in [5, 5.41) is 16.0. The topological polar surface area (TPSA) is 73.2 Å². The highest BCUT2D eigenvalue weighted by atomic mass is 32.1. The maximum absolute atomic E-state index is 13.8. The maximum atomic E-state index is 13.8. The Bertz CT molecular complexity index is 1140. The summed E-state index contributed by atoms with van der Waals surface area (Å²) >= 11 is 1.48. The summed E-state index contributed by atoms with van der Waals surface area (Å²) in [7, 11) is 0. The third kappa shape index (κ3) is 5.88. The summed E-state index contributed by atoms with van der Waals surface area (Å²) < 4.78 is 0. The van der Waals surface area contributed by atoms with E-state index in [0.717, 1.165) is 11.1 Å². The van der Waals surface area contributed by atoms with Gasteiger partial charge in [0.25, 0.3) is 5.91 Å². The molecule has 0 aliphatic carbocycles. The highest BCUT2D eigenvalue weighted by molar-refractivity contribution is 7.08. The lowest BCUT2D eigenvalue weighted by molar-refractivity contribution is -0.123. The van der Waals surface area contributed by atoms with Crippen LogP contribution in [-0.4, -0.2) is 17.4 Å². The number of amides is 2. The van der Waals surface area contributed by atoms with Crippen LogP contribution in [0.2, 0.25) is 0 Å². The number of anilines is 1. The van der Waals surface area contributed by atoms with Crippen molar-refractivity contribution in [1.82, 2.24) is 5.32 Å². The minimum absolute atomic E-state index is 0.254. The lowest BCUT2D eigenvalue weighted by Gasteiger charge is -2.33. The molecule has 170 valence electrons. The molecule has 2 amide bonds. The van der Waals surface area contributed by atoms with Gasteiger partial charge in [-0.15, -0.1) is 0 Å². The average Bonchev–Trinajstić information content (AvgIpc) is 3.30. The molecule has 1 N–H and O–H groups in total. The van der Waals surface area contributed by atoms with E-state index < -0.39 is 11.6 Å². The van der Waals surface area contributed by atoms with Crippen molar-refractivity contribution in [2.75, 3.05) is 4.90 Å². The molecule has 0 radical (unpaired) electrons. The van der Waals surface area contributed by atoms with Gasteiger partial charge in [-0.05, 0) is 91.0 Å². The molecule has 3 rings (SSSR count). The van der Waals surface area contributed by atoms with Crippen LogP contribution < -0.4 is 10.2 Å². The van der Waals surface area contributed by atoms with Crippen LogP contribution in [0.1, 0.15) is 73.6 Å². The smallest absolute Gasteiger partial charge is 0.259 e. The summed E-state index contributed by atoms with van der Waals surface area (Å²) in [6, 6.07) is 17.3. The van der Waals surface area contributed by atoms with E-state index in [0.29, 0.717) is 22.7 Å². The van der Waals surface area contributed by atoms with E-state index in [4.69, 9.17) is 5.26 Å². The molecule has 0 saturated carbocycles. The number of nitriles is 1. The van der Waals surface area contributed by atoms with Gasteiger partial charge in [0, 0.05) is 16.8 Å². The highest BCUT2D eigenvalue weighted by Crippen LogP contribution is 2.32. The first-order valence-corrected chi connectivity index (χ1v) is 11.8. The molecule has 1 atom stereocenters. The van der Waals surface area contributed by atoms with E-state index in [1.807, 2.05) is 61.9 Å². The SMILES string of the molecule is CC(C)c1ccc(N(C(=O)c2ccc(C#N)cc2)C(C(=O)NC(C)(C)C)c2ccsc2)cc1. The molecule has 5 nitrogen and oxygen atoms in total. The number of benzene rings is 2. The standard InChI is InChI=1S/C27H29N3O2S/c1-18(2)20-10-12-23(13-11-20)30(26(32)21-8-6-19(16-28)7-9-21)24(22-14-15-33-17-22)25(31)29-27(3,4)5/h6-15,17-18,24H,1-5H3,(H,29,31). The molecule has 1 heterocycles. The molecule has 0 aliphatic heterocycles. The average molecular weight is 460 g/mol. The number of hydrogen-bond donors (Lipinski definition) is 1. The van der Waals surface area contributed by atoms with Gasteiger partial charge in [-0.25, -0.2) is 0 Å². The maximum Gasteiger partial charge on any atom is 0.259 e. The molecule has 1 aromatic heterocycles. The predicted molar refractivity (Wildman–Crippen MR) is 133 cm³/mol. The fourth-order valence-corrected chi connectivity index (χ4v) is 4.19. The third-order valence-corrected chi connectivity index (χ3v) is 5.88. The first-order chi connectivity index (χ1) is 15.6. The highest BCUT2D eigenvalue weighted by Gasteiger charge is 2.35. The molecule has 2 aromatic carbocycles. The summed E-state index contributed by atoms with van der Waals surface area (Å²) in [5.41, 5.74) is 2.95. The molecule has 0 spiro atoms. The Morgan fingerprint density at radius 3 is 2.09 bits per heavy atom. The molecule has 0 fully saturated rings. The summed E-state index contributed by atoms with van der Waals surface area (Å²) in [6.45, 7) is 9.97. The second-order valence-corrected chi connectivity index (χ2v) is 10.1. The second-order valence-electron chi connectivity index (χ2n) is 9.31. The van der Waals surface area contributed by atoms with E-state index in [1.165, 1.54) is 11.3 Å². The van der Waals surface area contributed by atoms with Gasteiger partial charge in [-0.1, -0.05) is 26.0 Å². The predicted octanol–water partition coefficient (Wildman–Crippen LogP) is 6.05. The van der Waals surface area contributed by atoms with Crippen LogP contribution in [0, 0.1) is 11.3 Å². The molecule has 3 aromatic rings. The van der Waals surface area contributed by atoms with Crippen LogP contribution in [0.15, 0.2) is 65.4 Å². The lowest BCUT2D eigenvalue weighted by Crippen LogP contribution is -2.49. The zero-order valence-electron chi connectivity index (χ0n) is 19.6. The third-order valence-electron chi connectivity index (χ3n) is 5.18. The van der Waals surface area contributed by atoms with Crippen LogP contribution in [0.4, 0.5) is 5.69 Å². The fraction of sp³-hybridized carbons (Fsp3) is 0.296. The monoisotopic (exact) mass is 459 g/mol. The van der Waals surface area contributed by atoms with Crippen LogP contribution in [-0.2, 0) is 4.79 Å². The van der Waals surface area contributed by atoms with Crippen molar-refractivity contribution in [3.8, 4) is 6.07 Å². The van der Waals surface area contributed by atoms with E-state index in [1.54, 1.807) is 29.2 Å². The number of hydrogen-bond acceptors (Lipinski definition) is 4. The zero-order valence-corrected chi connectivity index (χ0v) is 20.4. The van der Waals surface area contributed by atoms with Crippen molar-refractivity contribution in [3.63, 3.8) is 0 Å². The van der Waals surface area contributed by atoms with Crippen molar-refractivity contribution in [2.24, 2.45) is 0 Å². The van der Waals surface area contributed by atoms with Crippen LogP contribution in [0.3, 0.4) is 0 Å². The quantitative estimate of drug-likeness (QED) is 0.488. The first-order valence-electron chi connectivity index (χ1n) is 10.9. The number of rotatable bonds is 6. The van der Waals surface area contributed by atoms with Gasteiger partial charge in [0.15, 0.2) is 0 Å². The number of thiophene rings is 1. The number of nitrogens with zero attached hydrogens (tertiary/aromatic N) is 2. The Morgan fingerprint density at radius 2 is 1.61 bits per heavy atom. The molecule has 6 heteroatoms. The van der Waals surface area contributed by atoms with Crippen LogP contribution in [0.5, 0.6) is 0 Å². The van der Waals surface area contributed by atoms with Crippen molar-refractivity contribution in [2.45, 2.75) is 52.1 Å². The van der Waals surface area contributed by atoms with Crippen molar-refractivity contribution in [3.05, 3.63) is 87.6 Å². The van der Waals surface area contributed by atoms with Crippen molar-refractivity contribution in [1.29, 1.82) is 5.26 Å². The molecule has 0 bridgehead atoms. The minimum Gasteiger partial charge on any atom is -0.349 e. The molecule has 1 unspecified atom stereocenters.